The number of nitrogens with zero attached hydrogens (tertiary/aromatic N) is 4. The van der Waals surface area contributed by atoms with E-state index in [0.29, 0.717) is 52.9 Å². The highest BCUT2D eigenvalue weighted by Crippen LogP contribution is 2.41. The Kier molecular flexibility index (Phi) is 8.97. The average Bonchev–Trinajstić information content (AvgIpc) is 2.92. The number of aliphatic hydroxyl groups is 1. The number of fused-ring (bicyclic) bond motifs is 1. The highest BCUT2D eigenvalue weighted by atomic mass is 35.5. The smallest absolute Gasteiger partial charge is 0.249 e. The fraction of sp³-hybridized carbons (Fsp3) is 0.440. The van der Waals surface area contributed by atoms with E-state index in [1.807, 2.05) is 11.5 Å². The third-order valence-electron chi connectivity index (χ3n) is 6.89. The van der Waals surface area contributed by atoms with E-state index in [1.165, 1.54) is 6.20 Å². The van der Waals surface area contributed by atoms with E-state index in [2.05, 4.69) is 19.9 Å². The molecule has 1 aliphatic heterocycles. The molecule has 1 fully saturated rings. The van der Waals surface area contributed by atoms with E-state index in [0.717, 1.165) is 30.4 Å². The summed E-state index contributed by atoms with van der Waals surface area (Å²) in [5.74, 6) is 1.10. The molecule has 192 valence electrons. The van der Waals surface area contributed by atoms with Crippen molar-refractivity contribution in [1.29, 1.82) is 0 Å². The molecule has 3 heterocycles. The van der Waals surface area contributed by atoms with Gasteiger partial charge in [-0.3, -0.25) is 20.0 Å². The number of likely N-dealkylation sites (tertiary alicyclic amines) is 1. The fourth-order valence-corrected chi connectivity index (χ4v) is 5.85. The molecular formula is C25H30ClN5O4S. The van der Waals surface area contributed by atoms with E-state index in [1.54, 1.807) is 49.6 Å². The van der Waals surface area contributed by atoms with Gasteiger partial charge >= 0.3 is 0 Å². The van der Waals surface area contributed by atoms with Gasteiger partial charge in [-0.2, -0.15) is 0 Å². The number of carbonyl (C=O) groups is 1. The number of ether oxygens (including phenoxy) is 1. The van der Waals surface area contributed by atoms with E-state index in [-0.39, 0.29) is 0 Å². The SMILES string of the molecule is COc1ccc2ncc(Cl)c(C(O)CCC3(C(=O)NO)CCN(CCSc4cnccn4)CC3)c2c1. The molecule has 1 unspecified atom stereocenters. The molecule has 3 N–H and O–H groups in total. The van der Waals surface area contributed by atoms with Gasteiger partial charge in [0.1, 0.15) is 10.8 Å². The number of pyridine rings is 1. The van der Waals surface area contributed by atoms with Crippen molar-refractivity contribution in [2.45, 2.75) is 36.8 Å². The number of benzene rings is 1. The summed E-state index contributed by atoms with van der Waals surface area (Å²) in [6, 6.07) is 5.43. The number of hydrogen-bond donors (Lipinski definition) is 3. The number of rotatable bonds is 10. The minimum absolute atomic E-state index is 0.311. The first-order chi connectivity index (χ1) is 17.5. The average molecular weight is 532 g/mol. The first-order valence-corrected chi connectivity index (χ1v) is 13.2. The van der Waals surface area contributed by atoms with Crippen LogP contribution in [0.3, 0.4) is 0 Å². The fourth-order valence-electron chi connectivity index (χ4n) is 4.74. The molecule has 11 heteroatoms. The minimum Gasteiger partial charge on any atom is -0.497 e. The van der Waals surface area contributed by atoms with Crippen molar-refractivity contribution in [1.82, 2.24) is 25.3 Å². The maximum atomic E-state index is 12.8. The van der Waals surface area contributed by atoms with Gasteiger partial charge in [-0.1, -0.05) is 11.6 Å². The van der Waals surface area contributed by atoms with Crippen molar-refractivity contribution in [3.8, 4) is 5.75 Å². The minimum atomic E-state index is -0.903. The number of aliphatic hydroxyl groups excluding tert-OH is 1. The lowest BCUT2D eigenvalue weighted by Gasteiger charge is -2.40. The lowest BCUT2D eigenvalue weighted by molar-refractivity contribution is -0.143. The van der Waals surface area contributed by atoms with Crippen LogP contribution in [0.4, 0.5) is 0 Å². The summed E-state index contributed by atoms with van der Waals surface area (Å²) < 4.78 is 5.33. The zero-order chi connectivity index (χ0) is 25.5. The van der Waals surface area contributed by atoms with Crippen molar-refractivity contribution in [2.24, 2.45) is 5.41 Å². The van der Waals surface area contributed by atoms with Crippen molar-refractivity contribution >= 4 is 40.2 Å². The van der Waals surface area contributed by atoms with Gasteiger partial charge in [-0.25, -0.2) is 10.5 Å². The molecule has 1 saturated heterocycles. The molecule has 0 saturated carbocycles. The van der Waals surface area contributed by atoms with Crippen LogP contribution < -0.4 is 10.2 Å². The maximum absolute atomic E-state index is 12.8. The quantitative estimate of drug-likeness (QED) is 0.203. The second-order valence-electron chi connectivity index (χ2n) is 8.91. The normalized spacial score (nSPS) is 16.6. The Morgan fingerprint density at radius 2 is 2.08 bits per heavy atom. The van der Waals surface area contributed by atoms with Crippen LogP contribution in [0.15, 0.2) is 48.0 Å². The zero-order valence-corrected chi connectivity index (χ0v) is 21.6. The van der Waals surface area contributed by atoms with Gasteiger partial charge in [0.15, 0.2) is 0 Å². The summed E-state index contributed by atoms with van der Waals surface area (Å²) in [6.07, 6.45) is 7.59. The van der Waals surface area contributed by atoms with Crippen LogP contribution in [0, 0.1) is 5.41 Å². The van der Waals surface area contributed by atoms with Gasteiger partial charge in [0.25, 0.3) is 0 Å². The highest BCUT2D eigenvalue weighted by molar-refractivity contribution is 7.99. The Bertz CT molecular complexity index is 1180. The van der Waals surface area contributed by atoms with Gasteiger partial charge in [-0.05, 0) is 57.0 Å². The van der Waals surface area contributed by atoms with Gasteiger partial charge < -0.3 is 14.7 Å². The predicted octanol–water partition coefficient (Wildman–Crippen LogP) is 3.88. The van der Waals surface area contributed by atoms with E-state index in [4.69, 9.17) is 16.3 Å². The molecule has 3 aromatic rings. The Hall–Kier alpha value is -2.50. The topological polar surface area (TPSA) is 121 Å². The Morgan fingerprint density at radius 1 is 1.28 bits per heavy atom. The van der Waals surface area contributed by atoms with Crippen molar-refractivity contribution in [3.05, 3.63) is 53.6 Å². The lowest BCUT2D eigenvalue weighted by Crippen LogP contribution is -2.48. The zero-order valence-electron chi connectivity index (χ0n) is 20.1. The second kappa shape index (κ2) is 12.2. The molecule has 2 aromatic heterocycles. The largest absolute Gasteiger partial charge is 0.497 e. The molecule has 0 aliphatic carbocycles. The van der Waals surface area contributed by atoms with Gasteiger partial charge in [0.2, 0.25) is 5.91 Å². The van der Waals surface area contributed by atoms with E-state index < -0.39 is 17.4 Å². The summed E-state index contributed by atoms with van der Waals surface area (Å²) in [7, 11) is 1.58. The van der Waals surface area contributed by atoms with Gasteiger partial charge in [-0.15, -0.1) is 11.8 Å². The standard InChI is InChI=1S/C25H30ClN5O4S/c1-35-17-2-3-20-18(14-17)23(19(26)15-29-20)21(32)4-5-25(24(33)30-34)6-10-31(11-7-25)12-13-36-22-16-27-8-9-28-22/h2-3,8-9,14-16,21,32,34H,4-7,10-13H2,1H3,(H,30,33). The Labute approximate surface area is 219 Å². The first-order valence-electron chi connectivity index (χ1n) is 11.8. The Morgan fingerprint density at radius 3 is 2.78 bits per heavy atom. The number of methoxy groups -OCH3 is 1. The monoisotopic (exact) mass is 531 g/mol. The number of thioether (sulfide) groups is 1. The van der Waals surface area contributed by atoms with Crippen molar-refractivity contribution in [3.63, 3.8) is 0 Å². The molecule has 4 rings (SSSR count). The van der Waals surface area contributed by atoms with Gasteiger partial charge in [0.05, 0.1) is 35.4 Å². The third kappa shape index (κ3) is 6.07. The maximum Gasteiger partial charge on any atom is 0.249 e. The van der Waals surface area contributed by atoms with Crippen LogP contribution >= 0.6 is 23.4 Å². The van der Waals surface area contributed by atoms with E-state index in [9.17, 15) is 15.1 Å². The number of aromatic nitrogens is 3. The summed E-state index contributed by atoms with van der Waals surface area (Å²) in [5.41, 5.74) is 2.36. The summed E-state index contributed by atoms with van der Waals surface area (Å²) in [6.45, 7) is 2.31. The molecule has 1 aromatic carbocycles. The molecule has 0 bridgehead atoms. The Balaban J connectivity index is 1.40. The number of halogens is 1. The van der Waals surface area contributed by atoms with Crippen LogP contribution in [-0.4, -0.2) is 68.6 Å². The van der Waals surface area contributed by atoms with Crippen molar-refractivity contribution < 1.29 is 19.8 Å². The molecule has 0 radical (unpaired) electrons. The molecule has 1 aliphatic rings. The third-order valence-corrected chi connectivity index (χ3v) is 8.09. The summed E-state index contributed by atoms with van der Waals surface area (Å²) in [5, 5.41) is 22.6. The first kappa shape index (κ1) is 26.6. The molecule has 1 amide bonds. The highest BCUT2D eigenvalue weighted by Gasteiger charge is 2.41. The summed E-state index contributed by atoms with van der Waals surface area (Å²) >= 11 is 8.10. The van der Waals surface area contributed by atoms with Crippen molar-refractivity contribution in [2.75, 3.05) is 32.5 Å². The number of hydroxylamine groups is 1. The van der Waals surface area contributed by atoms with Crippen LogP contribution in [0.25, 0.3) is 10.9 Å². The number of amides is 1. The predicted molar refractivity (Wildman–Crippen MR) is 138 cm³/mol. The van der Waals surface area contributed by atoms with Crippen LogP contribution in [0.1, 0.15) is 37.4 Å². The summed E-state index contributed by atoms with van der Waals surface area (Å²) in [4.78, 5) is 27.8. The molecule has 1 atom stereocenters. The van der Waals surface area contributed by atoms with Gasteiger partial charge in [0, 0.05) is 41.8 Å². The van der Waals surface area contributed by atoms with Crippen LogP contribution in [0.2, 0.25) is 5.02 Å². The number of hydrogen-bond acceptors (Lipinski definition) is 9. The number of carbonyl (C=O) groups excluding carboxylic acids is 1. The number of piperidine rings is 1. The lowest BCUT2D eigenvalue weighted by atomic mass is 9.73. The molecular weight excluding hydrogens is 502 g/mol. The number of nitrogens with one attached hydrogen (secondary N) is 1. The van der Waals surface area contributed by atoms with Crippen LogP contribution in [-0.2, 0) is 4.79 Å². The van der Waals surface area contributed by atoms with E-state index >= 15 is 0 Å². The molecule has 9 nitrogen and oxygen atoms in total. The molecule has 0 spiro atoms. The molecule has 36 heavy (non-hydrogen) atoms. The second-order valence-corrected chi connectivity index (χ2v) is 10.4. The van der Waals surface area contributed by atoms with Crippen LogP contribution in [0.5, 0.6) is 5.75 Å².